The van der Waals surface area contributed by atoms with Crippen molar-refractivity contribution in [1.82, 2.24) is 4.90 Å². The lowest BCUT2D eigenvalue weighted by molar-refractivity contribution is -0.194. The monoisotopic (exact) mass is 323 g/mol. The van der Waals surface area contributed by atoms with E-state index in [1.54, 1.807) is 25.7 Å². The van der Waals surface area contributed by atoms with Crippen molar-refractivity contribution in [2.24, 2.45) is 0 Å². The maximum absolute atomic E-state index is 11.6. The summed E-state index contributed by atoms with van der Waals surface area (Å²) >= 11 is 0. The number of nitrogens with zero attached hydrogens (tertiary/aromatic N) is 1. The molecule has 0 aliphatic rings. The molecule has 0 radical (unpaired) electrons. The molecular formula is C13H25NO6S. The van der Waals surface area contributed by atoms with Gasteiger partial charge in [0.2, 0.25) is 0 Å². The number of hydrogen-bond acceptors (Lipinski definition) is 6. The lowest BCUT2D eigenvalue weighted by atomic mass is 10.1. The summed E-state index contributed by atoms with van der Waals surface area (Å²) in [4.78, 5) is 13.3. The van der Waals surface area contributed by atoms with Crippen LogP contribution in [0, 0.1) is 0 Å². The van der Waals surface area contributed by atoms with Crippen molar-refractivity contribution in [1.29, 1.82) is 0 Å². The number of ether oxygens (including phenoxy) is 1. The Morgan fingerprint density at radius 3 is 2.10 bits per heavy atom. The maximum atomic E-state index is 11.6. The Hall–Kier alpha value is -0.960. The molecule has 0 saturated carbocycles. The molecule has 0 heterocycles. The fourth-order valence-corrected chi connectivity index (χ4v) is 2.84. The smallest absolute Gasteiger partial charge is 0.356 e. The highest BCUT2D eigenvalue weighted by atomic mass is 32.2. The van der Waals surface area contributed by atoms with Gasteiger partial charge in [-0.2, -0.15) is 8.42 Å². The molecule has 21 heavy (non-hydrogen) atoms. The molecule has 0 spiro atoms. The van der Waals surface area contributed by atoms with Crippen LogP contribution in [0.2, 0.25) is 0 Å². The highest BCUT2D eigenvalue weighted by Crippen LogP contribution is 2.28. The predicted octanol–water partition coefficient (Wildman–Crippen LogP) is 1.15. The third-order valence-corrected chi connectivity index (χ3v) is 4.29. The molecule has 8 heteroatoms. The van der Waals surface area contributed by atoms with Crippen LogP contribution in [0.15, 0.2) is 12.2 Å². The number of carbonyl (C=O) groups is 1. The second kappa shape index (κ2) is 7.88. The first kappa shape index (κ1) is 20.0. The summed E-state index contributed by atoms with van der Waals surface area (Å²) in [6, 6.07) is -1.07. The van der Waals surface area contributed by atoms with Crippen LogP contribution in [-0.4, -0.2) is 53.2 Å². The summed E-state index contributed by atoms with van der Waals surface area (Å²) in [7, 11) is -5.05. The summed E-state index contributed by atoms with van der Waals surface area (Å²) < 4.78 is 37.4. The average Bonchev–Trinajstić information content (AvgIpc) is 2.37. The van der Waals surface area contributed by atoms with Gasteiger partial charge in [0.05, 0.1) is 6.04 Å². The second-order valence-electron chi connectivity index (χ2n) is 4.80. The van der Waals surface area contributed by atoms with Gasteiger partial charge in [-0.1, -0.05) is 33.8 Å². The highest BCUT2D eigenvalue weighted by Gasteiger charge is 2.54. The molecule has 0 aromatic carbocycles. The predicted molar refractivity (Wildman–Crippen MR) is 79.0 cm³/mol. The molecule has 2 N–H and O–H groups in total. The fourth-order valence-electron chi connectivity index (χ4n) is 2.05. The van der Waals surface area contributed by atoms with Crippen LogP contribution >= 0.6 is 0 Å². The molecule has 0 rings (SSSR count). The Bertz CT molecular complexity index is 471. The van der Waals surface area contributed by atoms with Crippen molar-refractivity contribution in [3.05, 3.63) is 12.2 Å². The number of hydrogen-bond donors (Lipinski definition) is 2. The van der Waals surface area contributed by atoms with Crippen molar-refractivity contribution in [3.63, 3.8) is 0 Å². The van der Waals surface area contributed by atoms with E-state index in [1.807, 2.05) is 0 Å². The number of aliphatic hydroxyl groups is 1. The van der Waals surface area contributed by atoms with Crippen molar-refractivity contribution in [2.75, 3.05) is 13.1 Å². The first-order valence-electron chi connectivity index (χ1n) is 6.87. The van der Waals surface area contributed by atoms with Crippen molar-refractivity contribution >= 4 is 16.1 Å². The van der Waals surface area contributed by atoms with Gasteiger partial charge in [0.1, 0.15) is 0 Å². The Kier molecular flexibility index (Phi) is 7.52. The van der Waals surface area contributed by atoms with Gasteiger partial charge in [0.25, 0.3) is 0 Å². The Labute approximate surface area is 126 Å². The summed E-state index contributed by atoms with van der Waals surface area (Å²) in [6.45, 7) is 10.8. The number of likely N-dealkylation sites (N-methyl/N-ethyl adjacent to an activating group) is 1. The van der Waals surface area contributed by atoms with Gasteiger partial charge in [-0.15, -0.1) is 0 Å². The highest BCUT2D eigenvalue weighted by molar-refractivity contribution is 7.86. The van der Waals surface area contributed by atoms with E-state index in [9.17, 15) is 22.9 Å². The molecule has 0 saturated heterocycles. The summed E-state index contributed by atoms with van der Waals surface area (Å²) in [5.74, 6) is -1.08. The molecule has 0 aliphatic heterocycles. The number of carbonyl (C=O) groups excluding carboxylic acids is 1. The first-order chi connectivity index (χ1) is 9.55. The lowest BCUT2D eigenvalue weighted by Gasteiger charge is -2.38. The van der Waals surface area contributed by atoms with Crippen LogP contribution in [0.4, 0.5) is 0 Å². The van der Waals surface area contributed by atoms with Crippen LogP contribution in [0.25, 0.3) is 0 Å². The van der Waals surface area contributed by atoms with E-state index >= 15 is 0 Å². The van der Waals surface area contributed by atoms with Gasteiger partial charge in [0.15, 0.2) is 0 Å². The molecular weight excluding hydrogens is 298 g/mol. The zero-order chi connectivity index (χ0) is 16.8. The Morgan fingerprint density at radius 1 is 1.33 bits per heavy atom. The molecule has 2 atom stereocenters. The molecule has 0 aromatic heterocycles. The van der Waals surface area contributed by atoms with Gasteiger partial charge in [-0.05, 0) is 26.4 Å². The molecule has 124 valence electrons. The zero-order valence-electron chi connectivity index (χ0n) is 13.0. The first-order valence-corrected chi connectivity index (χ1v) is 8.31. The van der Waals surface area contributed by atoms with E-state index in [0.29, 0.717) is 19.5 Å². The fraction of sp³-hybridized carbons (Fsp3) is 0.769. The SMILES string of the molecule is C=C(C)C(=O)OC(O)(C(CCC)N(CC)CC)S(=O)(=O)O. The largest absolute Gasteiger partial charge is 0.411 e. The van der Waals surface area contributed by atoms with Gasteiger partial charge >= 0.3 is 21.2 Å². The molecule has 0 aliphatic carbocycles. The topological polar surface area (TPSA) is 104 Å². The van der Waals surface area contributed by atoms with Crippen LogP contribution in [0.1, 0.15) is 40.5 Å². The molecule has 0 aromatic rings. The third kappa shape index (κ3) is 4.77. The van der Waals surface area contributed by atoms with E-state index in [0.717, 1.165) is 0 Å². The molecule has 7 nitrogen and oxygen atoms in total. The quantitative estimate of drug-likeness (QED) is 0.284. The summed E-state index contributed by atoms with van der Waals surface area (Å²) in [5, 5.41) is 7.40. The van der Waals surface area contributed by atoms with Crippen molar-refractivity contribution < 1.29 is 27.6 Å². The lowest BCUT2D eigenvalue weighted by Crippen LogP contribution is -2.59. The van der Waals surface area contributed by atoms with Crippen LogP contribution in [-0.2, 0) is 19.6 Å². The Morgan fingerprint density at radius 2 is 1.81 bits per heavy atom. The number of rotatable bonds is 9. The van der Waals surface area contributed by atoms with Crippen molar-refractivity contribution in [2.45, 2.75) is 51.7 Å². The second-order valence-corrected chi connectivity index (χ2v) is 6.34. The Balaban J connectivity index is 5.84. The van der Waals surface area contributed by atoms with Gasteiger partial charge in [-0.3, -0.25) is 9.45 Å². The minimum atomic E-state index is -5.05. The zero-order valence-corrected chi connectivity index (χ0v) is 13.8. The van der Waals surface area contributed by atoms with Crippen molar-refractivity contribution in [3.8, 4) is 0 Å². The minimum Gasteiger partial charge on any atom is -0.411 e. The van der Waals surface area contributed by atoms with Crippen LogP contribution in [0.5, 0.6) is 0 Å². The maximum Gasteiger partial charge on any atom is 0.356 e. The van der Waals surface area contributed by atoms with Gasteiger partial charge < -0.3 is 9.84 Å². The van der Waals surface area contributed by atoms with Gasteiger partial charge in [-0.25, -0.2) is 4.79 Å². The van der Waals surface area contributed by atoms with E-state index < -0.39 is 27.2 Å². The molecule has 0 bridgehead atoms. The standard InChI is InChI=1S/C13H25NO6S/c1-6-9-11(14(7-2)8-3)13(16,21(17,18)19)20-12(15)10(4)5/h11,16H,4,6-9H2,1-3,5H3,(H,17,18,19). The minimum absolute atomic E-state index is 0.0770. The van der Waals surface area contributed by atoms with Crippen LogP contribution in [0.3, 0.4) is 0 Å². The van der Waals surface area contributed by atoms with E-state index in [-0.39, 0.29) is 12.0 Å². The average molecular weight is 323 g/mol. The molecule has 0 fully saturated rings. The van der Waals surface area contributed by atoms with Gasteiger partial charge in [0, 0.05) is 5.57 Å². The number of esters is 1. The van der Waals surface area contributed by atoms with E-state index in [2.05, 4.69) is 6.58 Å². The summed E-state index contributed by atoms with van der Waals surface area (Å²) in [5.41, 5.74) is -0.0770. The molecule has 2 unspecified atom stereocenters. The normalized spacial score (nSPS) is 16.3. The van der Waals surface area contributed by atoms with E-state index in [4.69, 9.17) is 4.74 Å². The third-order valence-electron chi connectivity index (χ3n) is 3.19. The van der Waals surface area contributed by atoms with Crippen LogP contribution < -0.4 is 0 Å². The van der Waals surface area contributed by atoms with E-state index in [1.165, 1.54) is 6.92 Å². The molecule has 0 amide bonds. The summed E-state index contributed by atoms with van der Waals surface area (Å²) in [6.07, 6.45) is 0.755.